The quantitative estimate of drug-likeness (QED) is 0.379. The minimum absolute atomic E-state index is 0.0239. The Morgan fingerprint density at radius 2 is 1.57 bits per heavy atom. The molecular formula is C30H46N2O5. The molecule has 0 bridgehead atoms. The van der Waals surface area contributed by atoms with Crippen LogP contribution in [0, 0.1) is 5.92 Å². The number of nitrogens with one attached hydrogen (secondary N) is 1. The number of hydrogen-bond acceptors (Lipinski definition) is 5. The Labute approximate surface area is 222 Å². The Kier molecular flexibility index (Phi) is 11.3. The SMILES string of the molecule is CC(C)(C)OC(=O)NC(CCC(=O)N(CC(=O)OCc1ccccc1)C1CCCCC1)C1CCCCC1. The lowest BCUT2D eigenvalue weighted by Gasteiger charge is -2.35. The van der Waals surface area contributed by atoms with E-state index in [9.17, 15) is 14.4 Å². The van der Waals surface area contributed by atoms with Crippen LogP contribution in [0.1, 0.15) is 103 Å². The molecule has 3 rings (SSSR count). The minimum Gasteiger partial charge on any atom is -0.459 e. The maximum atomic E-state index is 13.5. The summed E-state index contributed by atoms with van der Waals surface area (Å²) in [6, 6.07) is 9.53. The molecule has 1 atom stereocenters. The highest BCUT2D eigenvalue weighted by atomic mass is 16.6. The van der Waals surface area contributed by atoms with E-state index in [-0.39, 0.29) is 37.1 Å². The van der Waals surface area contributed by atoms with Gasteiger partial charge in [0, 0.05) is 18.5 Å². The predicted octanol–water partition coefficient (Wildman–Crippen LogP) is 6.14. The molecule has 1 unspecified atom stereocenters. The van der Waals surface area contributed by atoms with Crippen LogP contribution in [0.4, 0.5) is 4.79 Å². The Morgan fingerprint density at radius 3 is 2.19 bits per heavy atom. The first-order chi connectivity index (χ1) is 17.7. The molecule has 0 radical (unpaired) electrons. The Morgan fingerprint density at radius 1 is 0.946 bits per heavy atom. The second-order valence-electron chi connectivity index (χ2n) is 11.6. The molecule has 1 N–H and O–H groups in total. The largest absolute Gasteiger partial charge is 0.459 e. The van der Waals surface area contributed by atoms with E-state index in [4.69, 9.17) is 9.47 Å². The summed E-state index contributed by atoms with van der Waals surface area (Å²) < 4.78 is 11.0. The number of benzene rings is 1. The van der Waals surface area contributed by atoms with Gasteiger partial charge in [0.25, 0.3) is 0 Å². The first-order valence-electron chi connectivity index (χ1n) is 14.2. The van der Waals surface area contributed by atoms with E-state index in [0.717, 1.165) is 56.9 Å². The summed E-state index contributed by atoms with van der Waals surface area (Å²) in [7, 11) is 0. The lowest BCUT2D eigenvalue weighted by molar-refractivity contribution is -0.152. The van der Waals surface area contributed by atoms with Crippen LogP contribution in [-0.2, 0) is 25.7 Å². The molecule has 2 aliphatic carbocycles. The first kappa shape index (κ1) is 29.0. The molecular weight excluding hydrogens is 468 g/mol. The van der Waals surface area contributed by atoms with Crippen molar-refractivity contribution in [3.63, 3.8) is 0 Å². The topological polar surface area (TPSA) is 84.9 Å². The molecule has 0 spiro atoms. The Hall–Kier alpha value is -2.57. The van der Waals surface area contributed by atoms with Crippen molar-refractivity contribution in [3.8, 4) is 0 Å². The molecule has 2 fully saturated rings. The van der Waals surface area contributed by atoms with Crippen molar-refractivity contribution in [1.29, 1.82) is 0 Å². The van der Waals surface area contributed by atoms with Crippen molar-refractivity contribution in [2.24, 2.45) is 5.92 Å². The first-order valence-corrected chi connectivity index (χ1v) is 14.2. The fraction of sp³-hybridized carbons (Fsp3) is 0.700. The maximum Gasteiger partial charge on any atom is 0.407 e. The van der Waals surface area contributed by atoms with Gasteiger partial charge in [-0.05, 0) is 64.4 Å². The van der Waals surface area contributed by atoms with Crippen LogP contribution in [-0.4, -0.2) is 47.1 Å². The van der Waals surface area contributed by atoms with Crippen LogP contribution < -0.4 is 5.32 Å². The number of carbonyl (C=O) groups is 3. The second-order valence-corrected chi connectivity index (χ2v) is 11.6. The van der Waals surface area contributed by atoms with Gasteiger partial charge >= 0.3 is 12.1 Å². The van der Waals surface area contributed by atoms with Gasteiger partial charge in [-0.2, -0.15) is 0 Å². The van der Waals surface area contributed by atoms with E-state index < -0.39 is 11.7 Å². The van der Waals surface area contributed by atoms with E-state index in [1.807, 2.05) is 51.1 Å². The molecule has 206 valence electrons. The summed E-state index contributed by atoms with van der Waals surface area (Å²) in [6.45, 7) is 5.74. The number of rotatable bonds is 10. The Balaban J connectivity index is 1.62. The standard InChI is InChI=1S/C30H46N2O5/c1-30(2,3)37-29(35)31-26(24-15-9-5-10-16-24)19-20-27(33)32(25-17-11-6-12-18-25)21-28(34)36-22-23-13-7-4-8-14-23/h4,7-8,13-14,24-26H,5-6,9-12,15-22H2,1-3H3,(H,31,35). The number of esters is 1. The van der Waals surface area contributed by atoms with Crippen LogP contribution in [0.3, 0.4) is 0 Å². The summed E-state index contributed by atoms with van der Waals surface area (Å²) in [4.78, 5) is 40.6. The van der Waals surface area contributed by atoms with Crippen molar-refractivity contribution < 1.29 is 23.9 Å². The van der Waals surface area contributed by atoms with Crippen LogP contribution in [0.25, 0.3) is 0 Å². The molecule has 1 aromatic carbocycles. The highest BCUT2D eigenvalue weighted by Crippen LogP contribution is 2.29. The third-order valence-electron chi connectivity index (χ3n) is 7.47. The molecule has 0 saturated heterocycles. The smallest absolute Gasteiger partial charge is 0.407 e. The molecule has 0 aliphatic heterocycles. The highest BCUT2D eigenvalue weighted by Gasteiger charge is 2.31. The molecule has 1 aromatic rings. The molecule has 37 heavy (non-hydrogen) atoms. The zero-order valence-corrected chi connectivity index (χ0v) is 23.0. The summed E-state index contributed by atoms with van der Waals surface area (Å²) in [6.07, 6.45) is 11.2. The van der Waals surface area contributed by atoms with Gasteiger partial charge in [0.05, 0.1) is 0 Å². The van der Waals surface area contributed by atoms with E-state index in [2.05, 4.69) is 5.32 Å². The van der Waals surface area contributed by atoms with Gasteiger partial charge in [-0.15, -0.1) is 0 Å². The molecule has 2 amide bonds. The molecule has 0 heterocycles. The third-order valence-corrected chi connectivity index (χ3v) is 7.47. The van der Waals surface area contributed by atoms with Gasteiger partial charge in [0.1, 0.15) is 18.8 Å². The third kappa shape index (κ3) is 10.4. The highest BCUT2D eigenvalue weighted by molar-refractivity contribution is 5.82. The average molecular weight is 515 g/mol. The number of amides is 2. The van der Waals surface area contributed by atoms with Crippen molar-refractivity contribution in [3.05, 3.63) is 35.9 Å². The Bertz CT molecular complexity index is 854. The van der Waals surface area contributed by atoms with Crippen LogP contribution in [0.5, 0.6) is 0 Å². The van der Waals surface area contributed by atoms with Crippen LogP contribution in [0.15, 0.2) is 30.3 Å². The fourth-order valence-corrected chi connectivity index (χ4v) is 5.58. The number of ether oxygens (including phenoxy) is 2. The monoisotopic (exact) mass is 514 g/mol. The lowest BCUT2D eigenvalue weighted by Crippen LogP contribution is -2.47. The lowest BCUT2D eigenvalue weighted by atomic mass is 9.82. The van der Waals surface area contributed by atoms with E-state index in [0.29, 0.717) is 18.8 Å². The van der Waals surface area contributed by atoms with Gasteiger partial charge in [0.15, 0.2) is 0 Å². The fourth-order valence-electron chi connectivity index (χ4n) is 5.58. The van der Waals surface area contributed by atoms with Gasteiger partial charge in [-0.3, -0.25) is 9.59 Å². The number of carbonyl (C=O) groups excluding carboxylic acids is 3. The van der Waals surface area contributed by atoms with Crippen LogP contribution in [0.2, 0.25) is 0 Å². The molecule has 7 heteroatoms. The normalized spacial score (nSPS) is 18.0. The predicted molar refractivity (Wildman–Crippen MR) is 144 cm³/mol. The van der Waals surface area contributed by atoms with Gasteiger partial charge in [0.2, 0.25) is 5.91 Å². The van der Waals surface area contributed by atoms with Crippen LogP contribution >= 0.6 is 0 Å². The average Bonchev–Trinajstić information content (AvgIpc) is 2.89. The van der Waals surface area contributed by atoms with Gasteiger partial charge in [-0.1, -0.05) is 68.9 Å². The summed E-state index contributed by atoms with van der Waals surface area (Å²) in [5.74, 6) is -0.0677. The van der Waals surface area contributed by atoms with E-state index >= 15 is 0 Å². The summed E-state index contributed by atoms with van der Waals surface area (Å²) in [5.41, 5.74) is 0.351. The van der Waals surface area contributed by atoms with Gasteiger partial charge < -0.3 is 19.7 Å². The van der Waals surface area contributed by atoms with E-state index in [1.54, 1.807) is 4.90 Å². The van der Waals surface area contributed by atoms with E-state index in [1.165, 1.54) is 12.8 Å². The summed E-state index contributed by atoms with van der Waals surface area (Å²) >= 11 is 0. The second kappa shape index (κ2) is 14.4. The molecule has 2 saturated carbocycles. The zero-order chi connectivity index (χ0) is 26.7. The van der Waals surface area contributed by atoms with Crippen molar-refractivity contribution >= 4 is 18.0 Å². The van der Waals surface area contributed by atoms with Crippen molar-refractivity contribution in [2.75, 3.05) is 6.54 Å². The minimum atomic E-state index is -0.574. The number of hydrogen-bond donors (Lipinski definition) is 1. The maximum absolute atomic E-state index is 13.5. The number of alkyl carbamates (subject to hydrolysis) is 1. The number of nitrogens with zero attached hydrogens (tertiary/aromatic N) is 1. The zero-order valence-electron chi connectivity index (χ0n) is 23.0. The van der Waals surface area contributed by atoms with Gasteiger partial charge in [-0.25, -0.2) is 4.79 Å². The van der Waals surface area contributed by atoms with Crippen molar-refractivity contribution in [1.82, 2.24) is 10.2 Å². The van der Waals surface area contributed by atoms with Crippen molar-refractivity contribution in [2.45, 2.75) is 122 Å². The molecule has 7 nitrogen and oxygen atoms in total. The molecule has 2 aliphatic rings. The summed E-state index contributed by atoms with van der Waals surface area (Å²) in [5, 5.41) is 3.07. The molecule has 0 aromatic heterocycles.